The van der Waals surface area contributed by atoms with E-state index in [-0.39, 0.29) is 0 Å². The van der Waals surface area contributed by atoms with E-state index in [1.165, 1.54) is 0 Å². The van der Waals surface area contributed by atoms with E-state index >= 15 is 0 Å². The molecule has 0 fully saturated rings. The molecule has 10 nitrogen and oxygen atoms in total. The summed E-state index contributed by atoms with van der Waals surface area (Å²) in [7, 11) is 0. The molecule has 11 heteroatoms. The van der Waals surface area contributed by atoms with Crippen LogP contribution in [0, 0.1) is 30.3 Å². The highest BCUT2D eigenvalue weighted by molar-refractivity contribution is 6.22. The normalized spacial score (nSPS) is 14.6. The molecular weight excluding hydrogens is 238 g/mol. The lowest BCUT2D eigenvalue weighted by atomic mass is 10.2. The van der Waals surface area contributed by atoms with E-state index in [0.29, 0.717) is 0 Å². The van der Waals surface area contributed by atoms with E-state index in [0.717, 1.165) is 0 Å². The van der Waals surface area contributed by atoms with Crippen LogP contribution in [0.3, 0.4) is 0 Å². The van der Waals surface area contributed by atoms with Crippen molar-refractivity contribution in [2.45, 2.75) is 17.6 Å². The highest BCUT2D eigenvalue weighted by Crippen LogP contribution is 2.23. The number of hydrogen-bond donors (Lipinski definition) is 1. The lowest BCUT2D eigenvalue weighted by Gasteiger charge is -2.13. The summed E-state index contributed by atoms with van der Waals surface area (Å²) in [5.74, 6) is 0. The molecule has 0 aromatic carbocycles. The number of aliphatic hydroxyl groups excluding tert-OH is 1. The van der Waals surface area contributed by atoms with Crippen molar-refractivity contribution in [3.8, 4) is 0 Å². The Morgan fingerprint density at radius 3 is 1.80 bits per heavy atom. The predicted octanol–water partition coefficient (Wildman–Crippen LogP) is -0.540. The molecule has 0 spiro atoms. The van der Waals surface area contributed by atoms with Gasteiger partial charge in [-0.1, -0.05) is 0 Å². The van der Waals surface area contributed by atoms with Crippen molar-refractivity contribution in [2.75, 3.05) is 6.61 Å². The Morgan fingerprint density at radius 1 is 1.20 bits per heavy atom. The molecular formula is C4H6ClN3O7. The van der Waals surface area contributed by atoms with Crippen LogP contribution >= 0.6 is 11.6 Å². The standard InChI is InChI=1S/C4H6ClN3O7/c5-4(2-9,8(14)15)1-3(6(10)11)7(12)13/h3,9H,1-2H2. The highest BCUT2D eigenvalue weighted by atomic mass is 35.5. The number of rotatable bonds is 6. The topological polar surface area (TPSA) is 150 Å². The molecule has 1 unspecified atom stereocenters. The van der Waals surface area contributed by atoms with E-state index < -0.39 is 39.0 Å². The lowest BCUT2D eigenvalue weighted by molar-refractivity contribution is -0.750. The zero-order valence-electron chi connectivity index (χ0n) is 7.11. The Hall–Kier alpha value is -1.55. The maximum Gasteiger partial charge on any atom is 0.459 e. The van der Waals surface area contributed by atoms with Crippen molar-refractivity contribution in [3.05, 3.63) is 30.3 Å². The van der Waals surface area contributed by atoms with Gasteiger partial charge >= 0.3 is 11.2 Å². The van der Waals surface area contributed by atoms with Crippen molar-refractivity contribution < 1.29 is 19.9 Å². The van der Waals surface area contributed by atoms with Crippen molar-refractivity contribution in [1.29, 1.82) is 0 Å². The summed E-state index contributed by atoms with van der Waals surface area (Å²) in [6.07, 6.45) is -3.61. The largest absolute Gasteiger partial charge is 0.459 e. The first kappa shape index (κ1) is 13.4. The monoisotopic (exact) mass is 243 g/mol. The summed E-state index contributed by atoms with van der Waals surface area (Å²) in [4.78, 5) is 24.2. The van der Waals surface area contributed by atoms with Gasteiger partial charge in [-0.2, -0.15) is 0 Å². The summed E-state index contributed by atoms with van der Waals surface area (Å²) in [5, 5.41) is 39.2. The van der Waals surface area contributed by atoms with Crippen molar-refractivity contribution in [3.63, 3.8) is 0 Å². The van der Waals surface area contributed by atoms with Gasteiger partial charge in [0.2, 0.25) is 0 Å². The zero-order valence-corrected chi connectivity index (χ0v) is 7.86. The molecule has 1 N–H and O–H groups in total. The van der Waals surface area contributed by atoms with E-state index in [1.807, 2.05) is 0 Å². The Balaban J connectivity index is 4.86. The minimum atomic E-state index is -2.61. The van der Waals surface area contributed by atoms with Crippen LogP contribution in [0.2, 0.25) is 0 Å². The van der Waals surface area contributed by atoms with Gasteiger partial charge in [-0.15, -0.1) is 0 Å². The summed E-state index contributed by atoms with van der Waals surface area (Å²) in [6, 6.07) is 0. The third-order valence-electron chi connectivity index (χ3n) is 1.55. The van der Waals surface area contributed by atoms with Crippen LogP contribution in [0.5, 0.6) is 0 Å². The van der Waals surface area contributed by atoms with E-state index in [4.69, 9.17) is 16.7 Å². The summed E-state index contributed by atoms with van der Waals surface area (Å²) in [6.45, 7) is -1.24. The van der Waals surface area contributed by atoms with Gasteiger partial charge in [0.05, 0.1) is 9.85 Å². The van der Waals surface area contributed by atoms with Gasteiger partial charge in [-0.25, -0.2) is 0 Å². The van der Waals surface area contributed by atoms with Crippen molar-refractivity contribution in [2.24, 2.45) is 0 Å². The molecule has 0 bridgehead atoms. The van der Waals surface area contributed by atoms with Gasteiger partial charge in [-0.3, -0.25) is 30.3 Å². The van der Waals surface area contributed by atoms with Gasteiger partial charge in [0, 0.05) is 4.92 Å². The number of nitro groups is 3. The number of hydrogen-bond acceptors (Lipinski definition) is 7. The second kappa shape index (κ2) is 4.79. The Labute approximate surface area is 86.9 Å². The SMILES string of the molecule is O=[N+]([O-])C(CC(Cl)(CO)[N+](=O)[O-])[N+](=O)[O-]. The molecule has 0 radical (unpaired) electrons. The maximum atomic E-state index is 10.3. The van der Waals surface area contributed by atoms with Crippen LogP contribution in [0.25, 0.3) is 0 Å². The first-order valence-corrected chi connectivity index (χ1v) is 3.83. The molecule has 0 rings (SSSR count). The van der Waals surface area contributed by atoms with Crippen LogP contribution in [-0.2, 0) is 0 Å². The van der Waals surface area contributed by atoms with Crippen LogP contribution in [-0.4, -0.2) is 37.6 Å². The fourth-order valence-electron chi connectivity index (χ4n) is 0.703. The predicted molar refractivity (Wildman–Crippen MR) is 45.1 cm³/mol. The average Bonchev–Trinajstić information content (AvgIpc) is 2.12. The Morgan fingerprint density at radius 2 is 1.60 bits per heavy atom. The number of alkyl halides is 1. The molecule has 86 valence electrons. The molecule has 0 saturated carbocycles. The summed E-state index contributed by atoms with van der Waals surface area (Å²) >= 11 is 5.18. The minimum Gasteiger partial charge on any atom is -0.387 e. The quantitative estimate of drug-likeness (QED) is 0.216. The van der Waals surface area contributed by atoms with Crippen molar-refractivity contribution in [1.82, 2.24) is 0 Å². The van der Waals surface area contributed by atoms with E-state index in [2.05, 4.69) is 0 Å². The Bertz CT molecular complexity index is 282. The van der Waals surface area contributed by atoms with Crippen LogP contribution in [0.15, 0.2) is 0 Å². The molecule has 1 atom stereocenters. The molecule has 0 aromatic rings. The fraction of sp³-hybridized carbons (Fsp3) is 1.00. The highest BCUT2D eigenvalue weighted by Gasteiger charge is 2.51. The molecule has 0 amide bonds. The third kappa shape index (κ3) is 3.25. The summed E-state index contributed by atoms with van der Waals surface area (Å²) in [5.41, 5.74) is 0. The minimum absolute atomic E-state index is 1.20. The van der Waals surface area contributed by atoms with Crippen molar-refractivity contribution >= 4 is 11.6 Å². The molecule has 0 aliphatic rings. The second-order valence-electron chi connectivity index (χ2n) is 2.59. The number of nitrogens with zero attached hydrogens (tertiary/aromatic N) is 3. The fourth-order valence-corrected chi connectivity index (χ4v) is 0.841. The third-order valence-corrected chi connectivity index (χ3v) is 1.96. The molecule has 0 saturated heterocycles. The molecule has 0 aliphatic carbocycles. The van der Waals surface area contributed by atoms with Gasteiger partial charge in [0.25, 0.3) is 0 Å². The lowest BCUT2D eigenvalue weighted by Crippen LogP contribution is -2.44. The van der Waals surface area contributed by atoms with Gasteiger partial charge < -0.3 is 5.11 Å². The van der Waals surface area contributed by atoms with Crippen LogP contribution in [0.4, 0.5) is 0 Å². The van der Waals surface area contributed by atoms with Gasteiger partial charge in [-0.05, 0) is 11.6 Å². The van der Waals surface area contributed by atoms with Crippen LogP contribution in [0.1, 0.15) is 6.42 Å². The average molecular weight is 244 g/mol. The van der Waals surface area contributed by atoms with E-state index in [9.17, 15) is 30.3 Å². The van der Waals surface area contributed by atoms with E-state index in [1.54, 1.807) is 0 Å². The number of halogens is 1. The smallest absolute Gasteiger partial charge is 0.387 e. The van der Waals surface area contributed by atoms with Gasteiger partial charge in [0.15, 0.2) is 6.42 Å². The zero-order chi connectivity index (χ0) is 12.2. The molecule has 0 heterocycles. The summed E-state index contributed by atoms with van der Waals surface area (Å²) < 4.78 is 0. The first-order valence-electron chi connectivity index (χ1n) is 3.46. The maximum absolute atomic E-state index is 10.3. The molecule has 0 aliphatic heterocycles. The van der Waals surface area contributed by atoms with Gasteiger partial charge in [0.1, 0.15) is 6.61 Å². The molecule has 15 heavy (non-hydrogen) atoms. The Kier molecular flexibility index (Phi) is 4.30. The number of aliphatic hydroxyl groups is 1. The molecule has 0 aromatic heterocycles. The second-order valence-corrected chi connectivity index (χ2v) is 3.29. The first-order chi connectivity index (χ1) is 6.74. The van der Waals surface area contributed by atoms with Crippen LogP contribution < -0.4 is 0 Å².